The van der Waals surface area contributed by atoms with Crippen molar-refractivity contribution in [2.45, 2.75) is 0 Å². The van der Waals surface area contributed by atoms with Crippen LogP contribution in [-0.2, 0) is 0 Å². The Morgan fingerprint density at radius 2 is 0.964 bits per heavy atom. The first-order chi connectivity index (χ1) is 27.3. The molecule has 0 aliphatic carbocycles. The number of rotatable bonds is 6. The number of benzene rings is 9. The Morgan fingerprint density at radius 1 is 0.345 bits per heavy atom. The molecule has 0 unspecified atom stereocenters. The van der Waals surface area contributed by atoms with Crippen LogP contribution in [0.2, 0.25) is 0 Å². The molecule has 2 heterocycles. The second-order valence-electron chi connectivity index (χ2n) is 14.1. The van der Waals surface area contributed by atoms with Gasteiger partial charge in [0.05, 0.1) is 11.0 Å². The standard InChI is InChI=1S/C52H34N2O/c1-3-14-35(15-4-1)37-16-13-19-40(32-37)53(41-30-31-44-43-21-9-11-24-48(43)54(49(44)33-41)38-17-5-2-6-18-38)39-28-26-36(27-29-39)47-34-51-52(45-22-8-7-20-42(45)47)46-23-10-12-25-50(46)55-51/h1-34H. The van der Waals surface area contributed by atoms with Gasteiger partial charge in [-0.05, 0) is 99.8 Å². The normalized spacial score (nSPS) is 11.6. The largest absolute Gasteiger partial charge is 0.456 e. The summed E-state index contributed by atoms with van der Waals surface area (Å²) in [5, 5.41) is 7.19. The summed E-state index contributed by atoms with van der Waals surface area (Å²) in [7, 11) is 0. The predicted molar refractivity (Wildman–Crippen MR) is 231 cm³/mol. The third-order valence-electron chi connectivity index (χ3n) is 11.0. The van der Waals surface area contributed by atoms with Gasteiger partial charge >= 0.3 is 0 Å². The average Bonchev–Trinajstić information content (AvgIpc) is 3.80. The maximum atomic E-state index is 6.44. The fourth-order valence-electron chi connectivity index (χ4n) is 8.47. The highest BCUT2D eigenvalue weighted by Gasteiger charge is 2.19. The minimum Gasteiger partial charge on any atom is -0.456 e. The van der Waals surface area contributed by atoms with Crippen molar-refractivity contribution < 1.29 is 4.42 Å². The van der Waals surface area contributed by atoms with Crippen LogP contribution in [0.3, 0.4) is 0 Å². The minimum atomic E-state index is 0.903. The molecule has 3 nitrogen and oxygen atoms in total. The van der Waals surface area contributed by atoms with Crippen molar-refractivity contribution in [1.29, 1.82) is 0 Å². The van der Waals surface area contributed by atoms with E-state index in [1.165, 1.54) is 43.6 Å². The quantitative estimate of drug-likeness (QED) is 0.172. The number of hydrogen-bond acceptors (Lipinski definition) is 2. The maximum Gasteiger partial charge on any atom is 0.136 e. The van der Waals surface area contributed by atoms with Gasteiger partial charge in [0, 0.05) is 44.3 Å². The maximum absolute atomic E-state index is 6.44. The molecule has 0 spiro atoms. The molecule has 11 aromatic rings. The topological polar surface area (TPSA) is 21.3 Å². The van der Waals surface area contributed by atoms with Crippen LogP contribution in [0.25, 0.3) is 82.5 Å². The minimum absolute atomic E-state index is 0.903. The number of para-hydroxylation sites is 3. The number of hydrogen-bond donors (Lipinski definition) is 0. The number of nitrogens with zero attached hydrogens (tertiary/aromatic N) is 2. The molecule has 0 amide bonds. The van der Waals surface area contributed by atoms with Crippen LogP contribution in [0.1, 0.15) is 0 Å². The summed E-state index contributed by atoms with van der Waals surface area (Å²) in [6, 6.07) is 73.9. The van der Waals surface area contributed by atoms with Gasteiger partial charge in [-0.25, -0.2) is 0 Å². The fourth-order valence-corrected chi connectivity index (χ4v) is 8.47. The van der Waals surface area contributed by atoms with Crippen LogP contribution in [0.15, 0.2) is 211 Å². The Bertz CT molecular complexity index is 3190. The summed E-state index contributed by atoms with van der Waals surface area (Å²) in [6.45, 7) is 0. The van der Waals surface area contributed by atoms with Gasteiger partial charge in [-0.15, -0.1) is 0 Å². The van der Waals surface area contributed by atoms with Crippen molar-refractivity contribution in [1.82, 2.24) is 4.57 Å². The molecule has 0 fully saturated rings. The third kappa shape index (κ3) is 5.13. The van der Waals surface area contributed by atoms with E-state index in [1.807, 2.05) is 6.07 Å². The van der Waals surface area contributed by atoms with Gasteiger partial charge in [0.1, 0.15) is 11.2 Å². The lowest BCUT2D eigenvalue weighted by atomic mass is 9.94. The van der Waals surface area contributed by atoms with Gasteiger partial charge in [0.2, 0.25) is 0 Å². The molecule has 0 aliphatic heterocycles. The molecule has 0 saturated heterocycles. The van der Waals surface area contributed by atoms with Crippen LogP contribution in [0.5, 0.6) is 0 Å². The smallest absolute Gasteiger partial charge is 0.136 e. The molecule has 3 heteroatoms. The summed E-state index contributed by atoms with van der Waals surface area (Å²) in [5.74, 6) is 0. The van der Waals surface area contributed by atoms with Crippen molar-refractivity contribution in [3.8, 4) is 27.9 Å². The van der Waals surface area contributed by atoms with Crippen LogP contribution in [0, 0.1) is 0 Å². The third-order valence-corrected chi connectivity index (χ3v) is 11.0. The molecule has 0 N–H and O–H groups in total. The zero-order valence-corrected chi connectivity index (χ0v) is 29.9. The molecular formula is C52H34N2O. The van der Waals surface area contributed by atoms with E-state index >= 15 is 0 Å². The van der Waals surface area contributed by atoms with E-state index in [1.54, 1.807) is 0 Å². The Morgan fingerprint density at radius 3 is 1.78 bits per heavy atom. The van der Waals surface area contributed by atoms with E-state index in [0.717, 1.165) is 55.9 Å². The van der Waals surface area contributed by atoms with E-state index in [4.69, 9.17) is 4.42 Å². The Hall–Kier alpha value is -7.36. The van der Waals surface area contributed by atoms with E-state index in [9.17, 15) is 0 Å². The summed E-state index contributed by atoms with van der Waals surface area (Å²) in [4.78, 5) is 2.38. The lowest BCUT2D eigenvalue weighted by molar-refractivity contribution is 0.669. The zero-order chi connectivity index (χ0) is 36.3. The predicted octanol–water partition coefficient (Wildman–Crippen LogP) is 14.6. The highest BCUT2D eigenvalue weighted by atomic mass is 16.3. The Kier molecular flexibility index (Phi) is 7.17. The van der Waals surface area contributed by atoms with E-state index in [2.05, 4.69) is 210 Å². The highest BCUT2D eigenvalue weighted by Crippen LogP contribution is 2.43. The highest BCUT2D eigenvalue weighted by molar-refractivity contribution is 6.22. The first-order valence-electron chi connectivity index (χ1n) is 18.8. The van der Waals surface area contributed by atoms with Gasteiger partial charge in [0.15, 0.2) is 0 Å². The summed E-state index contributed by atoms with van der Waals surface area (Å²) in [5.41, 5.74) is 13.2. The number of furan rings is 1. The van der Waals surface area contributed by atoms with Crippen molar-refractivity contribution in [3.05, 3.63) is 206 Å². The molecule has 0 radical (unpaired) electrons. The second kappa shape index (κ2) is 12.6. The van der Waals surface area contributed by atoms with Crippen LogP contribution >= 0.6 is 0 Å². The number of aromatic nitrogens is 1. The fraction of sp³-hybridized carbons (Fsp3) is 0. The Balaban J connectivity index is 1.10. The number of fused-ring (bicyclic) bond motifs is 8. The molecular weight excluding hydrogens is 669 g/mol. The van der Waals surface area contributed by atoms with Gasteiger partial charge in [-0.2, -0.15) is 0 Å². The zero-order valence-electron chi connectivity index (χ0n) is 29.9. The van der Waals surface area contributed by atoms with Crippen molar-refractivity contribution in [3.63, 3.8) is 0 Å². The lowest BCUT2D eigenvalue weighted by Crippen LogP contribution is -2.10. The average molecular weight is 703 g/mol. The summed E-state index contributed by atoms with van der Waals surface area (Å²) in [6.07, 6.45) is 0. The lowest BCUT2D eigenvalue weighted by Gasteiger charge is -2.26. The van der Waals surface area contributed by atoms with E-state index in [0.29, 0.717) is 0 Å². The summed E-state index contributed by atoms with van der Waals surface area (Å²) < 4.78 is 8.82. The van der Waals surface area contributed by atoms with E-state index in [-0.39, 0.29) is 0 Å². The monoisotopic (exact) mass is 702 g/mol. The Labute approximate surface area is 318 Å². The van der Waals surface area contributed by atoms with E-state index < -0.39 is 0 Å². The number of anilines is 3. The molecule has 0 aliphatic rings. The van der Waals surface area contributed by atoms with Crippen molar-refractivity contribution in [2.75, 3.05) is 4.90 Å². The summed E-state index contributed by atoms with van der Waals surface area (Å²) >= 11 is 0. The van der Waals surface area contributed by atoms with Crippen LogP contribution < -0.4 is 4.90 Å². The molecule has 0 saturated carbocycles. The SMILES string of the molecule is c1ccc(-c2cccc(N(c3ccc(-c4cc5oc6ccccc6c5c5ccccc45)cc3)c3ccc4c5ccccc5n(-c5ccccc5)c4c3)c2)cc1. The van der Waals surface area contributed by atoms with Crippen molar-refractivity contribution >= 4 is 71.6 Å². The van der Waals surface area contributed by atoms with Gasteiger partial charge in [-0.3, -0.25) is 0 Å². The molecule has 55 heavy (non-hydrogen) atoms. The van der Waals surface area contributed by atoms with Crippen LogP contribution in [-0.4, -0.2) is 4.57 Å². The van der Waals surface area contributed by atoms with Crippen molar-refractivity contribution in [2.24, 2.45) is 0 Å². The van der Waals surface area contributed by atoms with Crippen LogP contribution in [0.4, 0.5) is 17.1 Å². The molecule has 258 valence electrons. The van der Waals surface area contributed by atoms with Gasteiger partial charge in [0.25, 0.3) is 0 Å². The molecule has 2 aromatic heterocycles. The van der Waals surface area contributed by atoms with Gasteiger partial charge < -0.3 is 13.9 Å². The van der Waals surface area contributed by atoms with Gasteiger partial charge in [-0.1, -0.05) is 140 Å². The molecule has 11 rings (SSSR count). The molecule has 0 atom stereocenters. The first kappa shape index (κ1) is 31.2. The molecule has 9 aromatic carbocycles. The molecule has 0 bridgehead atoms. The second-order valence-corrected chi connectivity index (χ2v) is 14.1. The first-order valence-corrected chi connectivity index (χ1v) is 18.8.